The third-order valence-corrected chi connectivity index (χ3v) is 5.35. The number of ether oxygens (including phenoxy) is 1. The molecule has 2 N–H and O–H groups in total. The van der Waals surface area contributed by atoms with Gasteiger partial charge in [0, 0.05) is 32.1 Å². The van der Waals surface area contributed by atoms with E-state index in [2.05, 4.69) is 16.7 Å². The fourth-order valence-electron chi connectivity index (χ4n) is 3.79. The Hall–Kier alpha value is -2.05. The Balaban J connectivity index is 1.61. The highest BCUT2D eigenvalue weighted by Crippen LogP contribution is 2.24. The van der Waals surface area contributed by atoms with Gasteiger partial charge in [-0.1, -0.05) is 25.3 Å². The van der Waals surface area contributed by atoms with Crippen LogP contribution in [0.4, 0.5) is 4.79 Å². The van der Waals surface area contributed by atoms with Gasteiger partial charge in [-0.2, -0.15) is 0 Å². The van der Waals surface area contributed by atoms with Crippen molar-refractivity contribution in [2.24, 2.45) is 5.92 Å². The number of likely N-dealkylation sites (tertiary alicyclic amines) is 1. The fourth-order valence-corrected chi connectivity index (χ4v) is 3.79. The number of piperidine rings is 1. The molecule has 2 aliphatic rings. The maximum atomic E-state index is 12.4. The first kappa shape index (κ1) is 23.2. The summed E-state index contributed by atoms with van der Waals surface area (Å²) in [5.74, 6) is 0.545. The number of hydrogen-bond donors (Lipinski definition) is 2. The van der Waals surface area contributed by atoms with Gasteiger partial charge in [-0.25, -0.2) is 4.79 Å². The lowest BCUT2D eigenvalue weighted by molar-refractivity contribution is -0.127. The van der Waals surface area contributed by atoms with Crippen LogP contribution in [0.3, 0.4) is 0 Å². The molecule has 1 heterocycles. The van der Waals surface area contributed by atoms with E-state index in [1.165, 1.54) is 32.1 Å². The lowest BCUT2D eigenvalue weighted by Gasteiger charge is -2.32. The first-order valence-corrected chi connectivity index (χ1v) is 11.0. The molecule has 1 aliphatic carbocycles. The normalized spacial score (nSPS) is 19.2. The van der Waals surface area contributed by atoms with Crippen LogP contribution in [0.15, 0.2) is 12.2 Å². The number of nitrogens with zero attached hydrogens (tertiary/aromatic N) is 1. The largest absolute Gasteiger partial charge is 0.444 e. The summed E-state index contributed by atoms with van der Waals surface area (Å²) in [5.41, 5.74) is -0.552. The summed E-state index contributed by atoms with van der Waals surface area (Å²) in [6.45, 7) is 6.94. The Bertz CT molecular complexity index is 583. The Labute approximate surface area is 174 Å². The fraction of sp³-hybridized carbons (Fsp3) is 0.773. The summed E-state index contributed by atoms with van der Waals surface area (Å²) in [5, 5.41) is 5.58. The summed E-state index contributed by atoms with van der Waals surface area (Å²) in [4.78, 5) is 37.9. The van der Waals surface area contributed by atoms with E-state index in [-0.39, 0.29) is 30.8 Å². The molecular formula is C22H37N3O4. The Morgan fingerprint density at radius 3 is 2.31 bits per heavy atom. The number of carbonyl (C=O) groups excluding carboxylic acids is 3. The molecule has 2 rings (SSSR count). The predicted molar refractivity (Wildman–Crippen MR) is 112 cm³/mol. The number of allylic oxidation sites excluding steroid dienone is 1. The lowest BCUT2D eigenvalue weighted by atomic mass is 9.89. The Kier molecular flexibility index (Phi) is 8.99. The van der Waals surface area contributed by atoms with Gasteiger partial charge in [-0.3, -0.25) is 9.59 Å². The smallest absolute Gasteiger partial charge is 0.407 e. The van der Waals surface area contributed by atoms with E-state index in [1.54, 1.807) is 26.8 Å². The van der Waals surface area contributed by atoms with Crippen LogP contribution in [0.25, 0.3) is 0 Å². The van der Waals surface area contributed by atoms with Crippen molar-refractivity contribution in [3.63, 3.8) is 0 Å². The minimum Gasteiger partial charge on any atom is -0.444 e. The van der Waals surface area contributed by atoms with Gasteiger partial charge in [0.15, 0.2) is 0 Å². The van der Waals surface area contributed by atoms with Crippen LogP contribution in [0, 0.1) is 5.92 Å². The van der Waals surface area contributed by atoms with E-state index < -0.39 is 11.7 Å². The van der Waals surface area contributed by atoms with Crippen LogP contribution in [0.5, 0.6) is 0 Å². The van der Waals surface area contributed by atoms with Gasteiger partial charge < -0.3 is 20.3 Å². The first-order chi connectivity index (χ1) is 13.7. The highest BCUT2D eigenvalue weighted by atomic mass is 16.6. The van der Waals surface area contributed by atoms with Crippen molar-refractivity contribution in [1.29, 1.82) is 0 Å². The van der Waals surface area contributed by atoms with Gasteiger partial charge in [0.25, 0.3) is 0 Å². The highest BCUT2D eigenvalue weighted by Gasteiger charge is 2.23. The molecule has 1 aliphatic heterocycles. The van der Waals surface area contributed by atoms with Crippen molar-refractivity contribution in [3.05, 3.63) is 12.2 Å². The number of amides is 3. The monoisotopic (exact) mass is 407 g/mol. The molecule has 3 amide bonds. The third-order valence-electron chi connectivity index (χ3n) is 5.35. The molecule has 164 valence electrons. The summed E-state index contributed by atoms with van der Waals surface area (Å²) in [7, 11) is 0. The van der Waals surface area contributed by atoms with E-state index in [1.807, 2.05) is 4.90 Å². The van der Waals surface area contributed by atoms with E-state index >= 15 is 0 Å². The number of nitrogens with one attached hydrogen (secondary N) is 2. The van der Waals surface area contributed by atoms with E-state index in [4.69, 9.17) is 4.74 Å². The molecule has 0 aromatic carbocycles. The van der Waals surface area contributed by atoms with Gasteiger partial charge in [0.2, 0.25) is 11.8 Å². The summed E-state index contributed by atoms with van der Waals surface area (Å²) in [6, 6.07) is 0.0791. The molecule has 0 aromatic heterocycles. The predicted octanol–water partition coefficient (Wildman–Crippen LogP) is 3.14. The van der Waals surface area contributed by atoms with Gasteiger partial charge in [0.05, 0.1) is 0 Å². The van der Waals surface area contributed by atoms with Crippen molar-refractivity contribution in [1.82, 2.24) is 15.5 Å². The first-order valence-electron chi connectivity index (χ1n) is 11.0. The Morgan fingerprint density at radius 1 is 1.03 bits per heavy atom. The van der Waals surface area contributed by atoms with Crippen LogP contribution in [-0.2, 0) is 14.3 Å². The molecular weight excluding hydrogens is 370 g/mol. The van der Waals surface area contributed by atoms with E-state index in [0.717, 1.165) is 12.8 Å². The lowest BCUT2D eigenvalue weighted by Crippen LogP contribution is -2.46. The maximum absolute atomic E-state index is 12.4. The van der Waals surface area contributed by atoms with Crippen molar-refractivity contribution in [2.75, 3.05) is 19.6 Å². The zero-order valence-electron chi connectivity index (χ0n) is 18.2. The SMILES string of the molecule is CC(C)(C)OC(=O)NCCC(=O)NC1CCN(C(=O)/C=C/C2CCCCC2)CC1. The van der Waals surface area contributed by atoms with Gasteiger partial charge in [0.1, 0.15) is 5.60 Å². The number of carbonyl (C=O) groups is 3. The van der Waals surface area contributed by atoms with Crippen molar-refractivity contribution >= 4 is 17.9 Å². The quantitative estimate of drug-likeness (QED) is 0.662. The molecule has 1 saturated carbocycles. The zero-order chi connectivity index (χ0) is 21.3. The highest BCUT2D eigenvalue weighted by molar-refractivity contribution is 5.87. The second-order valence-electron chi connectivity index (χ2n) is 9.10. The number of alkyl carbamates (subject to hydrolysis) is 1. The van der Waals surface area contributed by atoms with Crippen LogP contribution in [0.1, 0.15) is 72.1 Å². The number of hydrogen-bond acceptors (Lipinski definition) is 4. The average Bonchev–Trinajstić information content (AvgIpc) is 2.66. The molecule has 1 saturated heterocycles. The molecule has 2 fully saturated rings. The maximum Gasteiger partial charge on any atom is 0.407 e. The van der Waals surface area contributed by atoms with Crippen molar-refractivity contribution in [2.45, 2.75) is 83.8 Å². The average molecular weight is 408 g/mol. The van der Waals surface area contributed by atoms with Crippen molar-refractivity contribution in [3.8, 4) is 0 Å². The van der Waals surface area contributed by atoms with Crippen LogP contribution in [0.2, 0.25) is 0 Å². The molecule has 7 heteroatoms. The van der Waals surface area contributed by atoms with E-state index in [9.17, 15) is 14.4 Å². The third kappa shape index (κ3) is 9.33. The second-order valence-corrected chi connectivity index (χ2v) is 9.10. The molecule has 29 heavy (non-hydrogen) atoms. The minimum absolute atomic E-state index is 0.0791. The topological polar surface area (TPSA) is 87.7 Å². The molecule has 7 nitrogen and oxygen atoms in total. The van der Waals surface area contributed by atoms with Crippen LogP contribution < -0.4 is 10.6 Å². The van der Waals surface area contributed by atoms with Crippen molar-refractivity contribution < 1.29 is 19.1 Å². The molecule has 0 spiro atoms. The van der Waals surface area contributed by atoms with E-state index in [0.29, 0.717) is 19.0 Å². The summed E-state index contributed by atoms with van der Waals surface area (Å²) < 4.78 is 5.14. The van der Waals surface area contributed by atoms with Gasteiger partial charge in [-0.15, -0.1) is 0 Å². The van der Waals surface area contributed by atoms with Gasteiger partial charge in [-0.05, 0) is 58.4 Å². The minimum atomic E-state index is -0.552. The number of rotatable bonds is 6. The summed E-state index contributed by atoms with van der Waals surface area (Å²) >= 11 is 0. The Morgan fingerprint density at radius 2 is 1.69 bits per heavy atom. The standard InChI is InChI=1S/C22H37N3O4/c1-22(2,3)29-21(28)23-14-11-19(26)24-18-12-15-25(16-13-18)20(27)10-9-17-7-5-4-6-8-17/h9-10,17-18H,4-8,11-16H2,1-3H3,(H,23,28)(H,24,26)/b10-9+. The second kappa shape index (κ2) is 11.2. The molecule has 0 aromatic rings. The zero-order valence-corrected chi connectivity index (χ0v) is 18.2. The molecule has 0 atom stereocenters. The van der Waals surface area contributed by atoms with Crippen LogP contribution >= 0.6 is 0 Å². The van der Waals surface area contributed by atoms with Gasteiger partial charge >= 0.3 is 6.09 Å². The van der Waals surface area contributed by atoms with Crippen LogP contribution in [-0.4, -0.2) is 54.1 Å². The molecule has 0 radical (unpaired) electrons. The summed E-state index contributed by atoms with van der Waals surface area (Å²) in [6.07, 6.45) is 11.3. The molecule has 0 unspecified atom stereocenters. The molecule has 0 bridgehead atoms.